The van der Waals surface area contributed by atoms with Gasteiger partial charge in [0, 0.05) is 25.1 Å². The maximum atomic E-state index is 13.0. The highest BCUT2D eigenvalue weighted by Gasteiger charge is 2.38. The lowest BCUT2D eigenvalue weighted by Crippen LogP contribution is -2.35. The summed E-state index contributed by atoms with van der Waals surface area (Å²) in [6.45, 7) is 0.827. The van der Waals surface area contributed by atoms with Gasteiger partial charge in [0.15, 0.2) is 0 Å². The van der Waals surface area contributed by atoms with Gasteiger partial charge in [-0.2, -0.15) is 4.31 Å². The molecule has 0 atom stereocenters. The smallest absolute Gasteiger partial charge is 0.244 e. The zero-order valence-electron chi connectivity index (χ0n) is 12.0. The Balaban J connectivity index is 2.06. The molecule has 21 heavy (non-hydrogen) atoms. The molecule has 0 radical (unpaired) electrons. The molecule has 5 heteroatoms. The Morgan fingerprint density at radius 3 is 2.57 bits per heavy atom. The fourth-order valence-electron chi connectivity index (χ4n) is 2.59. The number of hydrogen-bond donors (Lipinski definition) is 0. The second-order valence-corrected chi connectivity index (χ2v) is 7.18. The van der Waals surface area contributed by atoms with Gasteiger partial charge in [-0.25, -0.2) is 8.42 Å². The number of fused-ring (bicyclic) bond motifs is 1. The second-order valence-electron chi connectivity index (χ2n) is 5.32. The van der Waals surface area contributed by atoms with Gasteiger partial charge in [-0.1, -0.05) is 36.4 Å². The maximum absolute atomic E-state index is 13.0. The summed E-state index contributed by atoms with van der Waals surface area (Å²) in [5, 5.41) is 1.73. The van der Waals surface area contributed by atoms with Crippen LogP contribution in [-0.2, 0) is 14.8 Å². The Bertz CT molecular complexity index is 733. The molecule has 1 aliphatic carbocycles. The van der Waals surface area contributed by atoms with E-state index in [2.05, 4.69) is 0 Å². The largest absolute Gasteiger partial charge is 0.383 e. The molecular weight excluding hydrogens is 286 g/mol. The van der Waals surface area contributed by atoms with Gasteiger partial charge in [0.05, 0.1) is 11.5 Å². The molecular formula is C16H19NO3S. The Morgan fingerprint density at radius 2 is 1.86 bits per heavy atom. The molecule has 4 nitrogen and oxygen atoms in total. The van der Waals surface area contributed by atoms with Gasteiger partial charge in [-0.15, -0.1) is 0 Å². The third-order valence-corrected chi connectivity index (χ3v) is 5.82. The minimum Gasteiger partial charge on any atom is -0.383 e. The van der Waals surface area contributed by atoms with E-state index in [1.54, 1.807) is 23.5 Å². The number of nitrogens with zero attached hydrogens (tertiary/aromatic N) is 1. The highest BCUT2D eigenvalue weighted by Crippen LogP contribution is 2.34. The van der Waals surface area contributed by atoms with E-state index in [1.165, 1.54) is 0 Å². The van der Waals surface area contributed by atoms with Crippen molar-refractivity contribution in [1.82, 2.24) is 4.31 Å². The van der Waals surface area contributed by atoms with Crippen LogP contribution in [0.2, 0.25) is 0 Å². The van der Waals surface area contributed by atoms with Gasteiger partial charge < -0.3 is 4.74 Å². The Morgan fingerprint density at radius 1 is 1.14 bits per heavy atom. The van der Waals surface area contributed by atoms with Crippen molar-refractivity contribution >= 4 is 20.8 Å². The van der Waals surface area contributed by atoms with Crippen LogP contribution in [0.25, 0.3) is 10.8 Å². The fraction of sp³-hybridized carbons (Fsp3) is 0.375. The van der Waals surface area contributed by atoms with Gasteiger partial charge in [-0.3, -0.25) is 0 Å². The maximum Gasteiger partial charge on any atom is 0.244 e. The zero-order chi connectivity index (χ0) is 14.9. The van der Waals surface area contributed by atoms with Crippen LogP contribution in [-0.4, -0.2) is 39.0 Å². The van der Waals surface area contributed by atoms with Gasteiger partial charge in [-0.05, 0) is 24.3 Å². The standard InChI is InChI=1S/C16H19NO3S/c1-20-12-11-17(14-9-10-14)21(18,19)16-8-4-6-13-5-2-3-7-15(13)16/h2-8,14H,9-12H2,1H3. The lowest BCUT2D eigenvalue weighted by molar-refractivity contribution is 0.177. The molecule has 1 saturated carbocycles. The third-order valence-electron chi connectivity index (χ3n) is 3.81. The average molecular weight is 305 g/mol. The predicted molar refractivity (Wildman–Crippen MR) is 82.7 cm³/mol. The Kier molecular flexibility index (Phi) is 3.97. The van der Waals surface area contributed by atoms with Crippen molar-refractivity contribution in [3.05, 3.63) is 42.5 Å². The molecule has 3 rings (SSSR count). The number of benzene rings is 2. The normalized spacial score (nSPS) is 15.7. The van der Waals surface area contributed by atoms with Crippen molar-refractivity contribution < 1.29 is 13.2 Å². The molecule has 0 saturated heterocycles. The molecule has 112 valence electrons. The summed E-state index contributed by atoms with van der Waals surface area (Å²) < 4.78 is 32.7. The van der Waals surface area contributed by atoms with Gasteiger partial charge in [0.2, 0.25) is 10.0 Å². The topological polar surface area (TPSA) is 46.6 Å². The lowest BCUT2D eigenvalue weighted by Gasteiger charge is -2.22. The highest BCUT2D eigenvalue weighted by atomic mass is 32.2. The van der Waals surface area contributed by atoms with Crippen molar-refractivity contribution in [1.29, 1.82) is 0 Å². The van der Waals surface area contributed by atoms with Crippen LogP contribution in [0.5, 0.6) is 0 Å². The minimum atomic E-state index is -3.48. The average Bonchev–Trinajstić information content (AvgIpc) is 3.31. The Labute approximate surface area is 125 Å². The quantitative estimate of drug-likeness (QED) is 0.824. The predicted octanol–water partition coefficient (Wildman–Crippen LogP) is 2.64. The zero-order valence-corrected chi connectivity index (χ0v) is 12.8. The van der Waals surface area contributed by atoms with Crippen molar-refractivity contribution in [3.63, 3.8) is 0 Å². The molecule has 0 amide bonds. The van der Waals surface area contributed by atoms with Crippen LogP contribution in [0.3, 0.4) is 0 Å². The molecule has 0 heterocycles. The van der Waals surface area contributed by atoms with E-state index in [-0.39, 0.29) is 6.04 Å². The van der Waals surface area contributed by atoms with Crippen LogP contribution < -0.4 is 0 Å². The summed E-state index contributed by atoms with van der Waals surface area (Å²) in [7, 11) is -1.89. The molecule has 0 bridgehead atoms. The second kappa shape index (κ2) is 5.75. The minimum absolute atomic E-state index is 0.129. The third kappa shape index (κ3) is 2.81. The number of hydrogen-bond acceptors (Lipinski definition) is 3. The monoisotopic (exact) mass is 305 g/mol. The summed E-state index contributed by atoms with van der Waals surface area (Å²) in [4.78, 5) is 0.392. The van der Waals surface area contributed by atoms with Crippen LogP contribution >= 0.6 is 0 Å². The van der Waals surface area contributed by atoms with Crippen molar-refractivity contribution in [2.24, 2.45) is 0 Å². The van der Waals surface area contributed by atoms with Crippen LogP contribution in [0.1, 0.15) is 12.8 Å². The molecule has 1 fully saturated rings. The molecule has 1 aliphatic rings. The molecule has 2 aromatic carbocycles. The van der Waals surface area contributed by atoms with Gasteiger partial charge >= 0.3 is 0 Å². The molecule has 0 aromatic heterocycles. The molecule has 0 unspecified atom stereocenters. The van der Waals surface area contributed by atoms with Crippen molar-refractivity contribution in [2.75, 3.05) is 20.3 Å². The summed E-state index contributed by atoms with van der Waals surface area (Å²) >= 11 is 0. The fourth-order valence-corrected chi connectivity index (χ4v) is 4.47. The van der Waals surface area contributed by atoms with E-state index >= 15 is 0 Å². The van der Waals surface area contributed by atoms with E-state index in [0.717, 1.165) is 23.6 Å². The van der Waals surface area contributed by atoms with Crippen LogP contribution in [0, 0.1) is 0 Å². The van der Waals surface area contributed by atoms with Crippen LogP contribution in [0.4, 0.5) is 0 Å². The van der Waals surface area contributed by atoms with E-state index in [4.69, 9.17) is 4.74 Å². The molecule has 2 aromatic rings. The summed E-state index contributed by atoms with van der Waals surface area (Å²) in [5.74, 6) is 0. The van der Waals surface area contributed by atoms with E-state index in [1.807, 2.05) is 30.3 Å². The van der Waals surface area contributed by atoms with Crippen molar-refractivity contribution in [2.45, 2.75) is 23.8 Å². The lowest BCUT2D eigenvalue weighted by atomic mass is 10.1. The molecule has 0 N–H and O–H groups in total. The summed E-state index contributed by atoms with van der Waals surface area (Å²) in [6.07, 6.45) is 1.88. The van der Waals surface area contributed by atoms with E-state index in [9.17, 15) is 8.42 Å². The SMILES string of the molecule is COCCN(C1CC1)S(=O)(=O)c1cccc2ccccc12. The summed E-state index contributed by atoms with van der Waals surface area (Å²) in [6, 6.07) is 13.2. The first-order valence-corrected chi connectivity index (χ1v) is 8.57. The number of sulfonamides is 1. The molecule has 0 aliphatic heterocycles. The first-order chi connectivity index (χ1) is 10.1. The number of rotatable bonds is 6. The molecule has 0 spiro atoms. The van der Waals surface area contributed by atoms with Crippen LogP contribution in [0.15, 0.2) is 47.4 Å². The summed E-state index contributed by atoms with van der Waals surface area (Å²) in [5.41, 5.74) is 0. The number of ether oxygens (including phenoxy) is 1. The van der Waals surface area contributed by atoms with Gasteiger partial charge in [0.1, 0.15) is 0 Å². The number of methoxy groups -OCH3 is 1. The Hall–Kier alpha value is -1.43. The first kappa shape index (κ1) is 14.5. The van der Waals surface area contributed by atoms with Gasteiger partial charge in [0.25, 0.3) is 0 Å². The van der Waals surface area contributed by atoms with E-state index in [0.29, 0.717) is 18.0 Å². The first-order valence-electron chi connectivity index (χ1n) is 7.13. The van der Waals surface area contributed by atoms with Crippen molar-refractivity contribution in [3.8, 4) is 0 Å². The highest BCUT2D eigenvalue weighted by molar-refractivity contribution is 7.89. The van der Waals surface area contributed by atoms with E-state index < -0.39 is 10.0 Å².